The lowest BCUT2D eigenvalue weighted by Crippen LogP contribution is -2.36. The quantitative estimate of drug-likeness (QED) is 0.428. The van der Waals surface area contributed by atoms with Crippen molar-refractivity contribution in [2.24, 2.45) is 11.7 Å². The largest absolute Gasteiger partial charge is 0.376 e. The number of nitrogens with zero attached hydrogens (tertiary/aromatic N) is 2. The SMILES string of the molecule is Cc1cc(I)ccc1NC(=O)/C(C#N)=C\N1CCC(C(N)=O)CC1. The van der Waals surface area contributed by atoms with Gasteiger partial charge in [-0.15, -0.1) is 0 Å². The van der Waals surface area contributed by atoms with Gasteiger partial charge in [0.1, 0.15) is 11.6 Å². The van der Waals surface area contributed by atoms with E-state index in [9.17, 15) is 14.9 Å². The summed E-state index contributed by atoms with van der Waals surface area (Å²) in [6, 6.07) is 7.63. The van der Waals surface area contributed by atoms with E-state index in [0.29, 0.717) is 31.6 Å². The normalized spacial score (nSPS) is 15.7. The maximum Gasteiger partial charge on any atom is 0.267 e. The van der Waals surface area contributed by atoms with Crippen LogP contribution in [0.2, 0.25) is 0 Å². The average molecular weight is 438 g/mol. The van der Waals surface area contributed by atoms with Gasteiger partial charge in [0.15, 0.2) is 0 Å². The van der Waals surface area contributed by atoms with Gasteiger partial charge in [-0.25, -0.2) is 0 Å². The lowest BCUT2D eigenvalue weighted by molar-refractivity contribution is -0.123. The highest BCUT2D eigenvalue weighted by Crippen LogP contribution is 2.20. The van der Waals surface area contributed by atoms with Crippen LogP contribution in [-0.2, 0) is 9.59 Å². The van der Waals surface area contributed by atoms with Crippen molar-refractivity contribution >= 4 is 40.1 Å². The highest BCUT2D eigenvalue weighted by molar-refractivity contribution is 14.1. The number of hydrogen-bond donors (Lipinski definition) is 2. The maximum absolute atomic E-state index is 12.3. The number of rotatable bonds is 4. The van der Waals surface area contributed by atoms with Crippen LogP contribution in [0.1, 0.15) is 18.4 Å². The van der Waals surface area contributed by atoms with Crippen molar-refractivity contribution in [3.05, 3.63) is 39.1 Å². The molecule has 1 fully saturated rings. The summed E-state index contributed by atoms with van der Waals surface area (Å²) in [7, 11) is 0. The summed E-state index contributed by atoms with van der Waals surface area (Å²) in [6.07, 6.45) is 2.85. The number of halogens is 1. The molecule has 6 nitrogen and oxygen atoms in total. The van der Waals surface area contributed by atoms with Crippen LogP contribution in [0.15, 0.2) is 30.0 Å². The molecular formula is C17H19IN4O2. The van der Waals surface area contributed by atoms with E-state index in [1.54, 1.807) is 6.20 Å². The Hall–Kier alpha value is -2.08. The molecule has 24 heavy (non-hydrogen) atoms. The highest BCUT2D eigenvalue weighted by Gasteiger charge is 2.22. The smallest absolute Gasteiger partial charge is 0.267 e. The van der Waals surface area contributed by atoms with E-state index < -0.39 is 5.91 Å². The van der Waals surface area contributed by atoms with E-state index in [-0.39, 0.29) is 17.4 Å². The number of piperidine rings is 1. The lowest BCUT2D eigenvalue weighted by Gasteiger charge is -2.29. The molecule has 0 spiro atoms. The fourth-order valence-electron chi connectivity index (χ4n) is 2.59. The number of anilines is 1. The number of carbonyl (C=O) groups excluding carboxylic acids is 2. The van der Waals surface area contributed by atoms with Crippen molar-refractivity contribution in [2.45, 2.75) is 19.8 Å². The van der Waals surface area contributed by atoms with E-state index in [0.717, 1.165) is 9.13 Å². The topological polar surface area (TPSA) is 99.2 Å². The number of aryl methyl sites for hydroxylation is 1. The fourth-order valence-corrected chi connectivity index (χ4v) is 3.24. The zero-order chi connectivity index (χ0) is 17.7. The molecule has 1 aromatic carbocycles. The second kappa shape index (κ2) is 8.15. The summed E-state index contributed by atoms with van der Waals surface area (Å²) in [4.78, 5) is 25.4. The Kier molecular flexibility index (Phi) is 6.20. The van der Waals surface area contributed by atoms with E-state index in [4.69, 9.17) is 5.73 Å². The predicted octanol–water partition coefficient (Wildman–Crippen LogP) is 2.14. The Morgan fingerprint density at radius 1 is 1.42 bits per heavy atom. The van der Waals surface area contributed by atoms with Gasteiger partial charge in [0.2, 0.25) is 5.91 Å². The third kappa shape index (κ3) is 4.71. The van der Waals surface area contributed by atoms with Crippen molar-refractivity contribution in [3.8, 4) is 6.07 Å². The summed E-state index contributed by atoms with van der Waals surface area (Å²) in [5, 5.41) is 12.0. The molecular weight excluding hydrogens is 419 g/mol. The Labute approximate surface area is 154 Å². The standard InChI is InChI=1S/C17H19IN4O2/c1-11-8-14(18)2-3-15(11)21-17(24)13(9-19)10-22-6-4-12(5-7-22)16(20)23/h2-3,8,10,12H,4-7H2,1H3,(H2,20,23)(H,21,24)/b13-10-. The number of carbonyl (C=O) groups is 2. The molecule has 2 rings (SSSR count). The van der Waals surface area contributed by atoms with Gasteiger partial charge in [-0.05, 0) is 66.1 Å². The minimum atomic E-state index is -0.432. The molecule has 0 radical (unpaired) electrons. The lowest BCUT2D eigenvalue weighted by atomic mass is 9.96. The number of nitrogens with one attached hydrogen (secondary N) is 1. The molecule has 0 unspecified atom stereocenters. The first-order valence-electron chi connectivity index (χ1n) is 7.63. The van der Waals surface area contributed by atoms with Gasteiger partial charge in [-0.3, -0.25) is 9.59 Å². The van der Waals surface area contributed by atoms with Crippen molar-refractivity contribution in [3.63, 3.8) is 0 Å². The third-order valence-electron chi connectivity index (χ3n) is 4.05. The van der Waals surface area contributed by atoms with Gasteiger partial charge in [-0.2, -0.15) is 5.26 Å². The molecule has 1 saturated heterocycles. The third-order valence-corrected chi connectivity index (χ3v) is 4.72. The second-order valence-electron chi connectivity index (χ2n) is 5.78. The maximum atomic E-state index is 12.3. The summed E-state index contributed by atoms with van der Waals surface area (Å²) >= 11 is 2.20. The van der Waals surface area contributed by atoms with Crippen molar-refractivity contribution in [1.29, 1.82) is 5.26 Å². The van der Waals surface area contributed by atoms with Gasteiger partial charge in [0, 0.05) is 34.5 Å². The second-order valence-corrected chi connectivity index (χ2v) is 7.03. The van der Waals surface area contributed by atoms with Gasteiger partial charge in [0.25, 0.3) is 5.91 Å². The number of likely N-dealkylation sites (tertiary alicyclic amines) is 1. The Morgan fingerprint density at radius 2 is 2.08 bits per heavy atom. The molecule has 2 amide bonds. The van der Waals surface area contributed by atoms with Crippen molar-refractivity contribution in [1.82, 2.24) is 4.90 Å². The number of nitriles is 1. The molecule has 1 aliphatic rings. The molecule has 1 aromatic rings. The van der Waals surface area contributed by atoms with Crippen LogP contribution in [0.4, 0.5) is 5.69 Å². The zero-order valence-corrected chi connectivity index (χ0v) is 15.5. The number of nitrogens with two attached hydrogens (primary N) is 1. The van der Waals surface area contributed by atoms with E-state index in [1.165, 1.54) is 0 Å². The van der Waals surface area contributed by atoms with Crippen LogP contribution in [0.25, 0.3) is 0 Å². The number of amides is 2. The summed E-state index contributed by atoms with van der Waals surface area (Å²) < 4.78 is 1.08. The van der Waals surface area contributed by atoms with Crippen molar-refractivity contribution in [2.75, 3.05) is 18.4 Å². The van der Waals surface area contributed by atoms with Crippen LogP contribution in [0.3, 0.4) is 0 Å². The van der Waals surface area contributed by atoms with Gasteiger partial charge in [-0.1, -0.05) is 0 Å². The molecule has 3 N–H and O–H groups in total. The monoisotopic (exact) mass is 438 g/mol. The van der Waals surface area contributed by atoms with Crippen LogP contribution < -0.4 is 11.1 Å². The number of hydrogen-bond acceptors (Lipinski definition) is 4. The first-order chi connectivity index (χ1) is 11.4. The average Bonchev–Trinajstić information content (AvgIpc) is 2.55. The molecule has 7 heteroatoms. The highest BCUT2D eigenvalue weighted by atomic mass is 127. The summed E-state index contributed by atoms with van der Waals surface area (Å²) in [5.41, 5.74) is 6.98. The predicted molar refractivity (Wildman–Crippen MR) is 99.7 cm³/mol. The van der Waals surface area contributed by atoms with Crippen LogP contribution in [-0.4, -0.2) is 29.8 Å². The molecule has 0 bridgehead atoms. The summed E-state index contributed by atoms with van der Waals surface area (Å²) in [5.74, 6) is -0.839. The molecule has 1 heterocycles. The van der Waals surface area contributed by atoms with Gasteiger partial charge >= 0.3 is 0 Å². The van der Waals surface area contributed by atoms with Gasteiger partial charge < -0.3 is 16.0 Å². The van der Waals surface area contributed by atoms with E-state index in [2.05, 4.69) is 27.9 Å². The molecule has 0 aliphatic carbocycles. The van der Waals surface area contributed by atoms with Crippen LogP contribution in [0, 0.1) is 27.7 Å². The summed E-state index contributed by atoms with van der Waals surface area (Å²) in [6.45, 7) is 3.12. The Morgan fingerprint density at radius 3 is 2.62 bits per heavy atom. The number of primary amides is 1. The van der Waals surface area contributed by atoms with Crippen molar-refractivity contribution < 1.29 is 9.59 Å². The fraction of sp³-hybridized carbons (Fsp3) is 0.353. The van der Waals surface area contributed by atoms with E-state index >= 15 is 0 Å². The first-order valence-corrected chi connectivity index (χ1v) is 8.71. The molecule has 0 saturated carbocycles. The van der Waals surface area contributed by atoms with Crippen LogP contribution in [0.5, 0.6) is 0 Å². The number of benzene rings is 1. The first kappa shape index (κ1) is 18.3. The Balaban J connectivity index is 2.04. The molecule has 0 aromatic heterocycles. The molecule has 0 atom stereocenters. The minimum absolute atomic E-state index is 0.0467. The van der Waals surface area contributed by atoms with Crippen LogP contribution >= 0.6 is 22.6 Å². The Bertz CT molecular complexity index is 716. The van der Waals surface area contributed by atoms with E-state index in [1.807, 2.05) is 36.1 Å². The zero-order valence-electron chi connectivity index (χ0n) is 13.4. The van der Waals surface area contributed by atoms with Gasteiger partial charge in [0.05, 0.1) is 0 Å². The minimum Gasteiger partial charge on any atom is -0.376 e. The molecule has 126 valence electrons. The molecule has 1 aliphatic heterocycles.